The molecule has 0 aromatic carbocycles. The van der Waals surface area contributed by atoms with Crippen molar-refractivity contribution in [3.8, 4) is 11.7 Å². The molecule has 0 fully saturated rings. The van der Waals surface area contributed by atoms with Crippen molar-refractivity contribution in [2.75, 3.05) is 0 Å². The quantitative estimate of drug-likeness (QED) is 0.717. The Hall–Kier alpha value is -2.83. The first-order valence-electron chi connectivity index (χ1n) is 7.83. The van der Waals surface area contributed by atoms with Crippen LogP contribution in [0.5, 0.6) is 5.88 Å². The van der Waals surface area contributed by atoms with Gasteiger partial charge in [-0.25, -0.2) is 24.6 Å². The van der Waals surface area contributed by atoms with Gasteiger partial charge in [0.1, 0.15) is 19.0 Å². The van der Waals surface area contributed by atoms with E-state index in [0.29, 0.717) is 12.3 Å². The summed E-state index contributed by atoms with van der Waals surface area (Å²) in [7, 11) is 0. The molecule has 124 valence electrons. The van der Waals surface area contributed by atoms with Gasteiger partial charge in [0.05, 0.1) is 11.8 Å². The number of nitrogens with zero attached hydrogens (tertiary/aromatic N) is 6. The molecule has 3 aromatic heterocycles. The third-order valence-electron chi connectivity index (χ3n) is 3.68. The van der Waals surface area contributed by atoms with E-state index in [9.17, 15) is 0 Å². The van der Waals surface area contributed by atoms with E-state index < -0.39 is 0 Å². The van der Waals surface area contributed by atoms with E-state index in [1.807, 2.05) is 39.8 Å². The third kappa shape index (κ3) is 3.40. The molecule has 0 aliphatic heterocycles. The number of aromatic nitrogens is 6. The average Bonchev–Trinajstić information content (AvgIpc) is 3.07. The van der Waals surface area contributed by atoms with Gasteiger partial charge in [-0.2, -0.15) is 5.10 Å². The monoisotopic (exact) mass is 324 g/mol. The lowest BCUT2D eigenvalue weighted by Crippen LogP contribution is -2.10. The van der Waals surface area contributed by atoms with Crippen molar-refractivity contribution in [1.82, 2.24) is 29.7 Å². The highest BCUT2D eigenvalue weighted by atomic mass is 16.5. The highest BCUT2D eigenvalue weighted by Gasteiger charge is 2.12. The van der Waals surface area contributed by atoms with Crippen molar-refractivity contribution in [1.29, 1.82) is 0 Å². The molecule has 0 N–H and O–H groups in total. The fraction of sp³-hybridized carbons (Fsp3) is 0.353. The van der Waals surface area contributed by atoms with Crippen LogP contribution in [0.4, 0.5) is 0 Å². The largest absolute Gasteiger partial charge is 0.475 e. The fourth-order valence-electron chi connectivity index (χ4n) is 2.39. The van der Waals surface area contributed by atoms with Gasteiger partial charge in [0.2, 0.25) is 5.88 Å². The molecule has 0 radical (unpaired) electrons. The predicted molar refractivity (Wildman–Crippen MR) is 89.2 cm³/mol. The van der Waals surface area contributed by atoms with Crippen LogP contribution in [0.25, 0.3) is 5.82 Å². The zero-order valence-electron chi connectivity index (χ0n) is 14.3. The Balaban J connectivity index is 1.86. The van der Waals surface area contributed by atoms with Crippen LogP contribution in [0, 0.1) is 13.8 Å². The van der Waals surface area contributed by atoms with Gasteiger partial charge in [0, 0.05) is 17.7 Å². The van der Waals surface area contributed by atoms with Crippen molar-refractivity contribution in [3.63, 3.8) is 0 Å². The Kier molecular flexibility index (Phi) is 4.50. The molecule has 0 saturated heterocycles. The van der Waals surface area contributed by atoms with Crippen LogP contribution in [0.2, 0.25) is 0 Å². The summed E-state index contributed by atoms with van der Waals surface area (Å²) in [6, 6.07) is 3.98. The molecule has 7 nitrogen and oxygen atoms in total. The van der Waals surface area contributed by atoms with E-state index in [-0.39, 0.29) is 6.10 Å². The van der Waals surface area contributed by atoms with Crippen LogP contribution in [-0.2, 0) is 6.42 Å². The maximum Gasteiger partial charge on any atom is 0.219 e. The highest BCUT2D eigenvalue weighted by molar-refractivity contribution is 5.36. The summed E-state index contributed by atoms with van der Waals surface area (Å²) in [5.41, 5.74) is 3.95. The molecule has 0 atom stereocenters. The Bertz CT molecular complexity index is 829. The molecular weight excluding hydrogens is 304 g/mol. The molecular formula is C17H20N6O. The zero-order valence-corrected chi connectivity index (χ0v) is 14.3. The van der Waals surface area contributed by atoms with Crippen LogP contribution < -0.4 is 4.74 Å². The van der Waals surface area contributed by atoms with E-state index in [4.69, 9.17) is 4.74 Å². The smallest absolute Gasteiger partial charge is 0.219 e. The van der Waals surface area contributed by atoms with Crippen LogP contribution in [-0.4, -0.2) is 35.8 Å². The number of ether oxygens (including phenoxy) is 1. The van der Waals surface area contributed by atoms with Crippen LogP contribution in [0.15, 0.2) is 31.1 Å². The van der Waals surface area contributed by atoms with Gasteiger partial charge in [-0.3, -0.25) is 0 Å². The lowest BCUT2D eigenvalue weighted by atomic mass is 10.1. The number of aryl methyl sites for hydroxylation is 1. The molecule has 24 heavy (non-hydrogen) atoms. The topological polar surface area (TPSA) is 78.6 Å². The number of hydrogen-bond donors (Lipinski definition) is 0. The van der Waals surface area contributed by atoms with Gasteiger partial charge in [-0.05, 0) is 39.3 Å². The van der Waals surface area contributed by atoms with Gasteiger partial charge in [0.25, 0.3) is 0 Å². The highest BCUT2D eigenvalue weighted by Crippen LogP contribution is 2.21. The predicted octanol–water partition coefficient (Wildman–Crippen LogP) is 2.45. The van der Waals surface area contributed by atoms with Crippen LogP contribution in [0.3, 0.4) is 0 Å². The van der Waals surface area contributed by atoms with Crippen LogP contribution >= 0.6 is 0 Å². The second kappa shape index (κ2) is 6.74. The second-order valence-corrected chi connectivity index (χ2v) is 5.85. The number of rotatable bonds is 5. The van der Waals surface area contributed by atoms with Crippen molar-refractivity contribution in [3.05, 3.63) is 53.6 Å². The molecule has 0 amide bonds. The average molecular weight is 324 g/mol. The summed E-state index contributed by atoms with van der Waals surface area (Å²) in [6.45, 7) is 7.94. The SMILES string of the molecule is Cc1nc(-n2cncn2)ccc1Cc1ncnc(OC(C)C)c1C. The Morgan fingerprint density at radius 2 is 1.96 bits per heavy atom. The minimum atomic E-state index is 0.0804. The van der Waals surface area contributed by atoms with Crippen LogP contribution in [0.1, 0.15) is 36.4 Å². The van der Waals surface area contributed by atoms with Crippen molar-refractivity contribution >= 4 is 0 Å². The lowest BCUT2D eigenvalue weighted by Gasteiger charge is -2.14. The van der Waals surface area contributed by atoms with E-state index in [2.05, 4.69) is 25.0 Å². The third-order valence-corrected chi connectivity index (χ3v) is 3.68. The molecule has 3 aromatic rings. The summed E-state index contributed by atoms with van der Waals surface area (Å²) in [4.78, 5) is 17.2. The van der Waals surface area contributed by atoms with E-state index in [0.717, 1.165) is 28.3 Å². The van der Waals surface area contributed by atoms with Gasteiger partial charge in [0.15, 0.2) is 5.82 Å². The van der Waals surface area contributed by atoms with Gasteiger partial charge >= 0.3 is 0 Å². The second-order valence-electron chi connectivity index (χ2n) is 5.85. The molecule has 7 heteroatoms. The Morgan fingerprint density at radius 1 is 1.12 bits per heavy atom. The van der Waals surface area contributed by atoms with E-state index >= 15 is 0 Å². The maximum absolute atomic E-state index is 5.74. The van der Waals surface area contributed by atoms with Crippen molar-refractivity contribution in [2.45, 2.75) is 40.2 Å². The summed E-state index contributed by atoms with van der Waals surface area (Å²) in [5.74, 6) is 1.39. The minimum absolute atomic E-state index is 0.0804. The first-order chi connectivity index (χ1) is 11.5. The molecule has 0 aliphatic rings. The van der Waals surface area contributed by atoms with E-state index in [1.165, 1.54) is 6.33 Å². The summed E-state index contributed by atoms with van der Waals surface area (Å²) in [6.07, 6.45) is 5.43. The van der Waals surface area contributed by atoms with Gasteiger partial charge in [-0.15, -0.1) is 0 Å². The molecule has 0 spiro atoms. The molecule has 3 rings (SSSR count). The molecule has 3 heterocycles. The molecule has 0 saturated carbocycles. The first kappa shape index (κ1) is 16.0. The number of hydrogen-bond acceptors (Lipinski definition) is 6. The molecule has 0 aliphatic carbocycles. The minimum Gasteiger partial charge on any atom is -0.475 e. The van der Waals surface area contributed by atoms with E-state index in [1.54, 1.807) is 17.3 Å². The van der Waals surface area contributed by atoms with Crippen molar-refractivity contribution in [2.24, 2.45) is 0 Å². The Labute approximate surface area is 140 Å². The summed E-state index contributed by atoms with van der Waals surface area (Å²) >= 11 is 0. The summed E-state index contributed by atoms with van der Waals surface area (Å²) in [5, 5.41) is 4.10. The molecule has 0 bridgehead atoms. The summed E-state index contributed by atoms with van der Waals surface area (Å²) < 4.78 is 7.38. The standard InChI is InChI=1S/C17H20N6O/c1-11(2)24-17-12(3)15(19-9-20-17)7-14-5-6-16(22-13(14)4)23-10-18-8-21-23/h5-6,8-11H,7H2,1-4H3. The maximum atomic E-state index is 5.74. The van der Waals surface area contributed by atoms with Gasteiger partial charge < -0.3 is 4.74 Å². The normalized spacial score (nSPS) is 11.0. The first-order valence-corrected chi connectivity index (χ1v) is 7.83. The van der Waals surface area contributed by atoms with Gasteiger partial charge in [-0.1, -0.05) is 6.07 Å². The molecule has 0 unspecified atom stereocenters. The zero-order chi connectivity index (χ0) is 17.1. The Morgan fingerprint density at radius 3 is 2.62 bits per heavy atom. The fourth-order valence-corrected chi connectivity index (χ4v) is 2.39. The number of pyridine rings is 1. The lowest BCUT2D eigenvalue weighted by molar-refractivity contribution is 0.230. The van der Waals surface area contributed by atoms with Crippen molar-refractivity contribution < 1.29 is 4.74 Å².